The van der Waals surface area contributed by atoms with Crippen molar-refractivity contribution in [1.82, 2.24) is 0 Å². The van der Waals surface area contributed by atoms with Gasteiger partial charge >= 0.3 is 12.1 Å². The number of aliphatic carboxylic acids is 1. The summed E-state index contributed by atoms with van der Waals surface area (Å²) < 4.78 is 55.0. The fourth-order valence-electron chi connectivity index (χ4n) is 1.21. The van der Waals surface area contributed by atoms with E-state index in [2.05, 4.69) is 20.7 Å². The smallest absolute Gasteiger partial charge is 0.418 e. The summed E-state index contributed by atoms with van der Waals surface area (Å²) in [6, 6.07) is 2.62. The second-order valence-electron chi connectivity index (χ2n) is 3.30. The standard InChI is InChI=1S/C10H7BrF4O3/c11-6-3-5(1-2-7(6)12)9(10(13,14)15)18-4-8(16)17/h1-3,9H,4H2,(H,16,17)/t9-/m1/s1. The predicted molar refractivity (Wildman–Crippen MR) is 56.5 cm³/mol. The lowest BCUT2D eigenvalue weighted by Crippen LogP contribution is -2.26. The molecule has 0 radical (unpaired) electrons. The molecule has 1 aromatic rings. The molecular weight excluding hydrogens is 324 g/mol. The lowest BCUT2D eigenvalue weighted by atomic mass is 10.1. The molecule has 100 valence electrons. The normalized spacial score (nSPS) is 13.4. The molecule has 0 amide bonds. The summed E-state index contributed by atoms with van der Waals surface area (Å²) in [5.74, 6) is -2.25. The molecule has 0 saturated heterocycles. The van der Waals surface area contributed by atoms with E-state index >= 15 is 0 Å². The van der Waals surface area contributed by atoms with Gasteiger partial charge in [-0.05, 0) is 33.6 Å². The Morgan fingerprint density at radius 2 is 2.06 bits per heavy atom. The number of hydrogen-bond donors (Lipinski definition) is 1. The highest BCUT2D eigenvalue weighted by atomic mass is 79.9. The summed E-state index contributed by atoms with van der Waals surface area (Å²) in [7, 11) is 0. The highest BCUT2D eigenvalue weighted by Crippen LogP contribution is 2.36. The first-order valence-corrected chi connectivity index (χ1v) is 5.36. The summed E-state index contributed by atoms with van der Waals surface area (Å²) in [5.41, 5.74) is -0.378. The minimum atomic E-state index is -4.79. The van der Waals surface area contributed by atoms with Crippen molar-refractivity contribution in [3.63, 3.8) is 0 Å². The first-order valence-electron chi connectivity index (χ1n) is 4.57. The van der Waals surface area contributed by atoms with Crippen LogP contribution in [0.1, 0.15) is 11.7 Å². The van der Waals surface area contributed by atoms with Crippen LogP contribution in [0, 0.1) is 5.82 Å². The highest BCUT2D eigenvalue weighted by Gasteiger charge is 2.42. The Bertz CT molecular complexity index is 447. The molecule has 18 heavy (non-hydrogen) atoms. The largest absolute Gasteiger partial charge is 0.480 e. The third kappa shape index (κ3) is 3.95. The molecule has 0 heterocycles. The van der Waals surface area contributed by atoms with E-state index in [0.29, 0.717) is 0 Å². The van der Waals surface area contributed by atoms with Gasteiger partial charge in [-0.1, -0.05) is 6.07 Å². The molecule has 0 aromatic heterocycles. The third-order valence-corrected chi connectivity index (χ3v) is 2.52. The molecule has 0 fully saturated rings. The number of alkyl halides is 3. The van der Waals surface area contributed by atoms with Crippen molar-refractivity contribution in [3.05, 3.63) is 34.1 Å². The molecule has 0 aliphatic carbocycles. The van der Waals surface area contributed by atoms with Gasteiger partial charge < -0.3 is 9.84 Å². The van der Waals surface area contributed by atoms with Crippen molar-refractivity contribution in [2.45, 2.75) is 12.3 Å². The van der Waals surface area contributed by atoms with E-state index < -0.39 is 30.7 Å². The number of rotatable bonds is 4. The van der Waals surface area contributed by atoms with E-state index in [1.54, 1.807) is 0 Å². The van der Waals surface area contributed by atoms with Gasteiger partial charge in [-0.3, -0.25) is 0 Å². The summed E-state index contributed by atoms with van der Waals surface area (Å²) in [6.45, 7) is -1.10. The van der Waals surface area contributed by atoms with Crippen molar-refractivity contribution in [2.75, 3.05) is 6.61 Å². The molecule has 0 aliphatic rings. The number of carboxylic acid groups (broad SMARTS) is 1. The Morgan fingerprint density at radius 3 is 2.50 bits per heavy atom. The lowest BCUT2D eigenvalue weighted by Gasteiger charge is -2.20. The number of hydrogen-bond acceptors (Lipinski definition) is 2. The lowest BCUT2D eigenvalue weighted by molar-refractivity contribution is -0.225. The van der Waals surface area contributed by atoms with Gasteiger partial charge in [0.15, 0.2) is 6.10 Å². The Labute approximate surface area is 107 Å². The van der Waals surface area contributed by atoms with Gasteiger partial charge in [-0.2, -0.15) is 13.2 Å². The van der Waals surface area contributed by atoms with E-state index in [0.717, 1.165) is 18.2 Å². The van der Waals surface area contributed by atoms with Crippen LogP contribution in [0.4, 0.5) is 17.6 Å². The summed E-state index contributed by atoms with van der Waals surface area (Å²) in [4.78, 5) is 10.2. The molecule has 0 unspecified atom stereocenters. The molecule has 1 N–H and O–H groups in total. The van der Waals surface area contributed by atoms with Crippen molar-refractivity contribution in [1.29, 1.82) is 0 Å². The quantitative estimate of drug-likeness (QED) is 0.862. The molecule has 0 saturated carbocycles. The van der Waals surface area contributed by atoms with Crippen LogP contribution in [0.3, 0.4) is 0 Å². The Kier molecular flexibility index (Phi) is 4.69. The number of halogens is 5. The minimum Gasteiger partial charge on any atom is -0.480 e. The SMILES string of the molecule is O=C(O)CO[C@H](c1ccc(F)c(Br)c1)C(F)(F)F. The zero-order chi connectivity index (χ0) is 13.9. The third-order valence-electron chi connectivity index (χ3n) is 1.92. The van der Waals surface area contributed by atoms with Crippen LogP contribution < -0.4 is 0 Å². The molecule has 0 bridgehead atoms. The van der Waals surface area contributed by atoms with Gasteiger partial charge in [0, 0.05) is 0 Å². The number of benzene rings is 1. The molecule has 1 rings (SSSR count). The molecular formula is C10H7BrF4O3. The van der Waals surface area contributed by atoms with Gasteiger partial charge in [0.25, 0.3) is 0 Å². The average Bonchev–Trinajstić information content (AvgIpc) is 2.21. The zero-order valence-corrected chi connectivity index (χ0v) is 10.3. The fourth-order valence-corrected chi connectivity index (χ4v) is 1.61. The Hall–Kier alpha value is -1.15. The fraction of sp³-hybridized carbons (Fsp3) is 0.300. The van der Waals surface area contributed by atoms with Crippen molar-refractivity contribution in [2.24, 2.45) is 0 Å². The van der Waals surface area contributed by atoms with E-state index in [9.17, 15) is 22.4 Å². The van der Waals surface area contributed by atoms with Gasteiger partial charge in [-0.15, -0.1) is 0 Å². The van der Waals surface area contributed by atoms with Gasteiger partial charge in [0.2, 0.25) is 0 Å². The highest BCUT2D eigenvalue weighted by molar-refractivity contribution is 9.10. The average molecular weight is 331 g/mol. The molecule has 1 atom stereocenters. The Balaban J connectivity index is 3.02. The molecule has 3 nitrogen and oxygen atoms in total. The summed E-state index contributed by atoms with van der Waals surface area (Å²) >= 11 is 2.75. The van der Waals surface area contributed by atoms with E-state index in [1.165, 1.54) is 0 Å². The maximum atomic E-state index is 12.9. The van der Waals surface area contributed by atoms with Gasteiger partial charge in [0.1, 0.15) is 12.4 Å². The van der Waals surface area contributed by atoms with Gasteiger partial charge in [-0.25, -0.2) is 9.18 Å². The maximum absolute atomic E-state index is 12.9. The van der Waals surface area contributed by atoms with Crippen LogP contribution in [0.5, 0.6) is 0 Å². The van der Waals surface area contributed by atoms with Crippen LogP contribution in [-0.2, 0) is 9.53 Å². The topological polar surface area (TPSA) is 46.5 Å². The zero-order valence-electron chi connectivity index (χ0n) is 8.67. The monoisotopic (exact) mass is 330 g/mol. The predicted octanol–water partition coefficient (Wildman–Crippen LogP) is 3.29. The van der Waals surface area contributed by atoms with Gasteiger partial charge in [0.05, 0.1) is 4.47 Å². The van der Waals surface area contributed by atoms with Crippen LogP contribution in [-0.4, -0.2) is 23.9 Å². The van der Waals surface area contributed by atoms with Crippen molar-refractivity contribution < 1.29 is 32.2 Å². The van der Waals surface area contributed by atoms with Crippen LogP contribution >= 0.6 is 15.9 Å². The van der Waals surface area contributed by atoms with Crippen molar-refractivity contribution in [3.8, 4) is 0 Å². The van der Waals surface area contributed by atoms with Crippen LogP contribution in [0.2, 0.25) is 0 Å². The summed E-state index contributed by atoms with van der Waals surface area (Å²) in [6.07, 6.45) is -7.20. The Morgan fingerprint density at radius 1 is 1.44 bits per heavy atom. The van der Waals surface area contributed by atoms with Crippen LogP contribution in [0.25, 0.3) is 0 Å². The molecule has 0 spiro atoms. The first kappa shape index (κ1) is 14.9. The number of ether oxygens (including phenoxy) is 1. The molecule has 1 aromatic carbocycles. The van der Waals surface area contributed by atoms with E-state index in [-0.39, 0.29) is 10.0 Å². The molecule has 0 aliphatic heterocycles. The van der Waals surface area contributed by atoms with E-state index in [1.807, 2.05) is 0 Å². The van der Waals surface area contributed by atoms with Crippen molar-refractivity contribution >= 4 is 21.9 Å². The summed E-state index contributed by atoms with van der Waals surface area (Å²) in [5, 5.41) is 8.31. The first-order chi connectivity index (χ1) is 8.21. The molecule has 8 heteroatoms. The van der Waals surface area contributed by atoms with Crippen LogP contribution in [0.15, 0.2) is 22.7 Å². The number of carboxylic acids is 1. The second kappa shape index (κ2) is 5.66. The second-order valence-corrected chi connectivity index (χ2v) is 4.15. The maximum Gasteiger partial charge on any atom is 0.418 e. The minimum absolute atomic E-state index is 0.159. The van der Waals surface area contributed by atoms with E-state index in [4.69, 9.17) is 5.11 Å². The number of carbonyl (C=O) groups is 1.